The Morgan fingerprint density at radius 3 is 2.44 bits per heavy atom. The zero-order valence-corrected chi connectivity index (χ0v) is 45.2. The van der Waals surface area contributed by atoms with Gasteiger partial charge in [0, 0.05) is 112 Å². The summed E-state index contributed by atoms with van der Waals surface area (Å²) in [6.07, 6.45) is 10.8. The average molecular weight is 1050 g/mol. The number of fused-ring (bicyclic) bond motifs is 3. The highest BCUT2D eigenvalue weighted by Gasteiger charge is 2.48. The van der Waals surface area contributed by atoms with Crippen molar-refractivity contribution in [2.45, 2.75) is 128 Å². The number of nitrogens with zero attached hydrogens (tertiary/aromatic N) is 8. The van der Waals surface area contributed by atoms with E-state index in [4.69, 9.17) is 46.3 Å². The number of thiol groups is 1. The molecule has 7 aliphatic rings. The molecule has 18 nitrogen and oxygen atoms in total. The van der Waals surface area contributed by atoms with E-state index in [0.717, 1.165) is 90.1 Å². The van der Waals surface area contributed by atoms with Gasteiger partial charge in [-0.25, -0.2) is 5.43 Å². The van der Waals surface area contributed by atoms with E-state index in [0.29, 0.717) is 103 Å². The molecule has 0 unspecified atom stereocenters. The van der Waals surface area contributed by atoms with E-state index < -0.39 is 46.7 Å². The molecule has 2 saturated carbocycles. The number of benzene rings is 1. The van der Waals surface area contributed by atoms with Crippen LogP contribution in [0.5, 0.6) is 0 Å². The standard InChI is InChI=1S/C56H76N10O8S/c1-37(70-4)49-43(30-40(32-59-49)63-19-17-62(18-20-63)39-9-10-39)51-44-31-55(2,3)36-74-53(68)45-7-5-16-66(61-45)52(67)50(60-54(69)56(35-57)14-6-15-56)48(64-21-26-72-27-22-64)33-58-46(34-75)38-8-11-47(42(44)29-38)65(51)23-28-73-41-12-24-71-25-13-41/h8,11,29-30,32-34,37,39,41,45,48,50,61,75H,5-7,9-10,12-28,31,36H2,1-4H3,(H,60,69)/b46-34-,58-33?/t37-,45-,48+,50-/m0/s1. The fourth-order valence-electron chi connectivity index (χ4n) is 11.8. The number of aliphatic imine (C=N–C) groups is 1. The van der Waals surface area contributed by atoms with E-state index in [1.54, 1.807) is 18.7 Å². The van der Waals surface area contributed by atoms with Gasteiger partial charge in [-0.2, -0.15) is 5.26 Å². The third kappa shape index (κ3) is 11.7. The van der Waals surface area contributed by atoms with Crippen LogP contribution in [0.2, 0.25) is 0 Å². The summed E-state index contributed by atoms with van der Waals surface area (Å²) in [5.41, 5.74) is 8.66. The minimum atomic E-state index is -1.23. The molecular weight excluding hydrogens is 973 g/mol. The van der Waals surface area contributed by atoms with Crippen LogP contribution in [-0.2, 0) is 51.0 Å². The number of morpholine rings is 1. The Labute approximate surface area is 446 Å². The van der Waals surface area contributed by atoms with E-state index in [2.05, 4.69) is 74.2 Å². The molecule has 2 amide bonds. The zero-order chi connectivity index (χ0) is 52.3. The van der Waals surface area contributed by atoms with Gasteiger partial charge in [-0.15, -0.1) is 12.6 Å². The van der Waals surface area contributed by atoms with Gasteiger partial charge in [-0.1, -0.05) is 19.9 Å². The first-order valence-corrected chi connectivity index (χ1v) is 27.9. The van der Waals surface area contributed by atoms with Crippen LogP contribution in [0.1, 0.15) is 101 Å². The summed E-state index contributed by atoms with van der Waals surface area (Å²) in [7, 11) is 1.72. The van der Waals surface area contributed by atoms with Gasteiger partial charge in [0.15, 0.2) is 0 Å². The Morgan fingerprint density at radius 2 is 1.75 bits per heavy atom. The number of anilines is 1. The topological polar surface area (TPSA) is 188 Å². The Morgan fingerprint density at radius 1 is 0.987 bits per heavy atom. The molecule has 4 atom stereocenters. The summed E-state index contributed by atoms with van der Waals surface area (Å²) >= 11 is 4.79. The van der Waals surface area contributed by atoms with Crippen molar-refractivity contribution in [1.82, 2.24) is 35.1 Å². The van der Waals surface area contributed by atoms with Crippen molar-refractivity contribution in [2.75, 3.05) is 97.5 Å². The van der Waals surface area contributed by atoms with Gasteiger partial charge in [0.1, 0.15) is 17.5 Å². The highest BCUT2D eigenvalue weighted by Crippen LogP contribution is 2.44. The van der Waals surface area contributed by atoms with Crippen LogP contribution in [0.25, 0.3) is 27.9 Å². The maximum atomic E-state index is 15.0. The molecule has 2 aliphatic carbocycles. The number of piperazine rings is 1. The number of aromatic nitrogens is 2. The predicted octanol–water partition coefficient (Wildman–Crippen LogP) is 5.69. The SMILES string of the molecule is CO[C@@H](C)c1ncc(N2CCN(C3CC3)CC2)cc1-c1c2c3cc(ccc3n1CCOC1CCOCC1)/C(=C/S)N=C[C@@H](N1CCOCC1)[C@H](NC(=O)C1(C#N)CCC1)C(=O)N1CCC[C@H](N1)C(=O)OCC(C)(C)C2. The van der Waals surface area contributed by atoms with Crippen molar-refractivity contribution in [3.63, 3.8) is 0 Å². The molecular formula is C56H76N10O8S. The first kappa shape index (κ1) is 53.5. The molecule has 6 fully saturated rings. The smallest absolute Gasteiger partial charge is 0.324 e. The highest BCUT2D eigenvalue weighted by atomic mass is 32.1. The van der Waals surface area contributed by atoms with Gasteiger partial charge < -0.3 is 38.5 Å². The average Bonchev–Trinajstić information content (AvgIpc) is 4.25. The minimum Gasteiger partial charge on any atom is -0.464 e. The molecule has 2 N–H and O–H groups in total. The second kappa shape index (κ2) is 23.4. The number of hydrogen-bond acceptors (Lipinski definition) is 16. The van der Waals surface area contributed by atoms with Crippen molar-refractivity contribution in [3.05, 3.63) is 52.7 Å². The summed E-state index contributed by atoms with van der Waals surface area (Å²) in [4.78, 5) is 61.1. The number of amides is 2. The largest absolute Gasteiger partial charge is 0.464 e. The number of pyridine rings is 1. The maximum absolute atomic E-state index is 15.0. The maximum Gasteiger partial charge on any atom is 0.324 e. The van der Waals surface area contributed by atoms with Crippen LogP contribution < -0.4 is 15.6 Å². The lowest BCUT2D eigenvalue weighted by atomic mass is 9.69. The van der Waals surface area contributed by atoms with E-state index in [-0.39, 0.29) is 18.8 Å². The van der Waals surface area contributed by atoms with Gasteiger partial charge >= 0.3 is 5.97 Å². The molecule has 0 spiro atoms. The molecule has 2 aromatic heterocycles. The quantitative estimate of drug-likeness (QED) is 0.148. The van der Waals surface area contributed by atoms with Gasteiger partial charge in [0.25, 0.3) is 5.91 Å². The van der Waals surface area contributed by atoms with Crippen molar-refractivity contribution >= 4 is 58.9 Å². The number of nitriles is 1. The first-order valence-electron chi connectivity index (χ1n) is 27.4. The molecule has 1 aromatic carbocycles. The Kier molecular flexibility index (Phi) is 16.7. The Hall–Kier alpha value is -4.91. The van der Waals surface area contributed by atoms with E-state index in [9.17, 15) is 14.9 Å². The van der Waals surface area contributed by atoms with Crippen molar-refractivity contribution in [2.24, 2.45) is 15.8 Å². The Bertz CT molecular complexity index is 2660. The van der Waals surface area contributed by atoms with Crippen LogP contribution in [0, 0.1) is 22.2 Å². The summed E-state index contributed by atoms with van der Waals surface area (Å²) < 4.78 is 32.9. The summed E-state index contributed by atoms with van der Waals surface area (Å²) in [5.74, 6) is -1.38. The normalized spacial score (nSPS) is 26.3. The fourth-order valence-corrected chi connectivity index (χ4v) is 12.0. The molecule has 75 heavy (non-hydrogen) atoms. The molecule has 4 saturated heterocycles. The summed E-state index contributed by atoms with van der Waals surface area (Å²) in [6.45, 7) is 14.7. The molecule has 4 bridgehead atoms. The number of methoxy groups -OCH3 is 1. The zero-order valence-electron chi connectivity index (χ0n) is 44.3. The van der Waals surface area contributed by atoms with Gasteiger partial charge in [0.05, 0.1) is 79.7 Å². The molecule has 19 heteroatoms. The second-order valence-corrected chi connectivity index (χ2v) is 22.6. The fraction of sp³-hybridized carbons (Fsp3) is 0.643. The molecule has 7 heterocycles. The van der Waals surface area contributed by atoms with Crippen molar-refractivity contribution < 1.29 is 38.1 Å². The van der Waals surface area contributed by atoms with E-state index in [1.807, 2.05) is 13.1 Å². The van der Waals surface area contributed by atoms with Crippen molar-refractivity contribution in [1.29, 1.82) is 5.26 Å². The minimum absolute atomic E-state index is 0.0988. The number of hydrogen-bond donors (Lipinski definition) is 3. The molecule has 5 aliphatic heterocycles. The van der Waals surface area contributed by atoms with Crippen LogP contribution in [-0.4, -0.2) is 171 Å². The van der Waals surface area contributed by atoms with Crippen LogP contribution in [0.4, 0.5) is 5.69 Å². The lowest BCUT2D eigenvalue weighted by molar-refractivity contribution is -0.156. The molecule has 3 aromatic rings. The predicted molar refractivity (Wildman–Crippen MR) is 289 cm³/mol. The first-order chi connectivity index (χ1) is 36.4. The summed E-state index contributed by atoms with van der Waals surface area (Å²) in [6, 6.07) is 8.90. The number of rotatable bonds is 12. The van der Waals surface area contributed by atoms with Gasteiger partial charge in [-0.3, -0.25) is 39.2 Å². The number of carbonyl (C=O) groups is 3. The molecule has 0 radical (unpaired) electrons. The van der Waals surface area contributed by atoms with Gasteiger partial charge in [0.2, 0.25) is 5.91 Å². The number of ether oxygens (including phenoxy) is 5. The Balaban J connectivity index is 1.12. The highest BCUT2D eigenvalue weighted by molar-refractivity contribution is 7.83. The monoisotopic (exact) mass is 1050 g/mol. The second-order valence-electron chi connectivity index (χ2n) is 22.3. The van der Waals surface area contributed by atoms with Crippen LogP contribution >= 0.6 is 12.6 Å². The third-order valence-electron chi connectivity index (χ3n) is 16.6. The lowest BCUT2D eigenvalue weighted by Gasteiger charge is -2.42. The number of hydrazine groups is 1. The molecule has 404 valence electrons. The van der Waals surface area contributed by atoms with Crippen molar-refractivity contribution in [3.8, 4) is 17.3 Å². The van der Waals surface area contributed by atoms with E-state index >= 15 is 4.79 Å². The van der Waals surface area contributed by atoms with Crippen LogP contribution in [0.15, 0.2) is 40.9 Å². The summed E-state index contributed by atoms with van der Waals surface area (Å²) in [5, 5.41) is 17.4. The van der Waals surface area contributed by atoms with E-state index in [1.165, 1.54) is 17.9 Å². The van der Waals surface area contributed by atoms with Crippen LogP contribution in [0.3, 0.4) is 0 Å². The lowest BCUT2D eigenvalue weighted by Crippen LogP contribution is -2.66. The van der Waals surface area contributed by atoms with Gasteiger partial charge in [-0.05, 0) is 100 Å². The number of cyclic esters (lactones) is 1. The number of nitrogens with one attached hydrogen (secondary N) is 2. The third-order valence-corrected chi connectivity index (χ3v) is 16.9. The number of esters is 1. The number of carbonyl (C=O) groups excluding carboxylic acids is 3. The molecule has 10 rings (SSSR count).